The molecule has 0 aromatic heterocycles. The van der Waals surface area contributed by atoms with Crippen molar-refractivity contribution in [3.8, 4) is 0 Å². The van der Waals surface area contributed by atoms with Gasteiger partial charge in [-0.25, -0.2) is 4.79 Å². The summed E-state index contributed by atoms with van der Waals surface area (Å²) in [5.41, 5.74) is 2.96. The smallest absolute Gasteiger partial charge is 0.410 e. The molecule has 132 valence electrons. The van der Waals surface area contributed by atoms with Crippen LogP contribution in [0.15, 0.2) is 18.2 Å². The van der Waals surface area contributed by atoms with Crippen molar-refractivity contribution in [2.45, 2.75) is 45.9 Å². The molecule has 1 aromatic rings. The minimum atomic E-state index is -0.501. The molecule has 1 heterocycles. The third kappa shape index (κ3) is 4.96. The van der Waals surface area contributed by atoms with E-state index in [0.717, 1.165) is 17.5 Å². The molecule has 0 atom stereocenters. The molecule has 0 saturated heterocycles. The van der Waals surface area contributed by atoms with Crippen LogP contribution < -0.4 is 5.32 Å². The third-order valence-electron chi connectivity index (χ3n) is 3.83. The molecule has 0 bridgehead atoms. The van der Waals surface area contributed by atoms with Gasteiger partial charge in [0.2, 0.25) is 0 Å². The zero-order valence-corrected chi connectivity index (χ0v) is 14.8. The van der Waals surface area contributed by atoms with Gasteiger partial charge >= 0.3 is 12.1 Å². The average molecular weight is 334 g/mol. The predicted octanol–water partition coefficient (Wildman–Crippen LogP) is 2.24. The molecule has 6 nitrogen and oxygen atoms in total. The number of fused-ring (bicyclic) bond motifs is 1. The summed E-state index contributed by atoms with van der Waals surface area (Å²) in [6, 6.07) is 6.12. The van der Waals surface area contributed by atoms with Crippen molar-refractivity contribution < 1.29 is 19.1 Å². The van der Waals surface area contributed by atoms with Crippen molar-refractivity contribution in [3.05, 3.63) is 34.9 Å². The average Bonchev–Trinajstić information content (AvgIpc) is 2.52. The quantitative estimate of drug-likeness (QED) is 0.855. The SMILES string of the molecule is COC(=O)CNCc1cccc2c1CN(C(=O)OC(C)(C)C)CC2. The van der Waals surface area contributed by atoms with Crippen LogP contribution in [0.4, 0.5) is 4.79 Å². The fourth-order valence-electron chi connectivity index (χ4n) is 2.67. The number of esters is 1. The van der Waals surface area contributed by atoms with E-state index in [0.29, 0.717) is 19.6 Å². The number of carbonyl (C=O) groups is 2. The molecule has 1 aliphatic rings. The number of nitrogens with one attached hydrogen (secondary N) is 1. The molecule has 0 aliphatic carbocycles. The second-order valence-corrected chi connectivity index (χ2v) is 6.89. The van der Waals surface area contributed by atoms with Gasteiger partial charge in [-0.3, -0.25) is 4.79 Å². The van der Waals surface area contributed by atoms with Crippen LogP contribution in [-0.2, 0) is 33.8 Å². The number of hydrogen-bond donors (Lipinski definition) is 1. The molecule has 1 aliphatic heterocycles. The molecule has 6 heteroatoms. The van der Waals surface area contributed by atoms with Crippen LogP contribution in [0.25, 0.3) is 0 Å². The molecule has 1 amide bonds. The summed E-state index contributed by atoms with van der Waals surface area (Å²) in [6.45, 7) is 7.50. The molecule has 0 radical (unpaired) electrons. The monoisotopic (exact) mass is 334 g/mol. The van der Waals surface area contributed by atoms with E-state index in [1.54, 1.807) is 4.90 Å². The molecular formula is C18H26N2O4. The molecule has 0 saturated carbocycles. The first-order chi connectivity index (χ1) is 11.3. The first-order valence-corrected chi connectivity index (χ1v) is 8.15. The summed E-state index contributed by atoms with van der Waals surface area (Å²) in [6.07, 6.45) is 0.518. The van der Waals surface area contributed by atoms with Crippen molar-refractivity contribution >= 4 is 12.1 Å². The zero-order valence-electron chi connectivity index (χ0n) is 14.8. The highest BCUT2D eigenvalue weighted by molar-refractivity contribution is 5.71. The molecule has 24 heavy (non-hydrogen) atoms. The van der Waals surface area contributed by atoms with Crippen molar-refractivity contribution in [2.24, 2.45) is 0 Å². The van der Waals surface area contributed by atoms with Gasteiger partial charge in [-0.05, 0) is 43.9 Å². The van der Waals surface area contributed by atoms with Crippen molar-refractivity contribution in [3.63, 3.8) is 0 Å². The molecule has 1 aromatic carbocycles. The van der Waals surface area contributed by atoms with Crippen LogP contribution in [-0.4, -0.2) is 42.8 Å². The second kappa shape index (κ2) is 7.66. The lowest BCUT2D eigenvalue weighted by Gasteiger charge is -2.32. The van der Waals surface area contributed by atoms with Gasteiger partial charge in [0.25, 0.3) is 0 Å². The van der Waals surface area contributed by atoms with Gasteiger partial charge in [0, 0.05) is 19.6 Å². The number of hydrogen-bond acceptors (Lipinski definition) is 5. The van der Waals surface area contributed by atoms with E-state index in [9.17, 15) is 9.59 Å². The van der Waals surface area contributed by atoms with Gasteiger partial charge in [-0.15, -0.1) is 0 Å². The fraction of sp³-hybridized carbons (Fsp3) is 0.556. The Balaban J connectivity index is 2.06. The predicted molar refractivity (Wildman–Crippen MR) is 90.5 cm³/mol. The van der Waals surface area contributed by atoms with Crippen LogP contribution in [0.1, 0.15) is 37.5 Å². The number of benzene rings is 1. The van der Waals surface area contributed by atoms with E-state index >= 15 is 0 Å². The number of ether oxygens (including phenoxy) is 2. The van der Waals surface area contributed by atoms with Crippen LogP contribution in [0, 0.1) is 0 Å². The molecule has 0 unspecified atom stereocenters. The third-order valence-corrected chi connectivity index (χ3v) is 3.83. The number of amides is 1. The van der Waals surface area contributed by atoms with Gasteiger partial charge in [0.15, 0.2) is 0 Å². The van der Waals surface area contributed by atoms with Gasteiger partial charge in [-0.2, -0.15) is 0 Å². The Bertz CT molecular complexity index is 608. The summed E-state index contributed by atoms with van der Waals surface area (Å²) in [4.78, 5) is 25.2. The first-order valence-electron chi connectivity index (χ1n) is 8.15. The summed E-state index contributed by atoms with van der Waals surface area (Å²) in [5.74, 6) is -0.296. The maximum absolute atomic E-state index is 12.3. The summed E-state index contributed by atoms with van der Waals surface area (Å²) in [7, 11) is 1.37. The van der Waals surface area contributed by atoms with Crippen molar-refractivity contribution in [1.82, 2.24) is 10.2 Å². The largest absolute Gasteiger partial charge is 0.468 e. The van der Waals surface area contributed by atoms with Gasteiger partial charge in [-0.1, -0.05) is 18.2 Å². The summed E-state index contributed by atoms with van der Waals surface area (Å²) >= 11 is 0. The summed E-state index contributed by atoms with van der Waals surface area (Å²) in [5, 5.41) is 3.08. The summed E-state index contributed by atoms with van der Waals surface area (Å²) < 4.78 is 10.1. The molecule has 1 N–H and O–H groups in total. The van der Waals surface area contributed by atoms with E-state index in [2.05, 4.69) is 16.1 Å². The van der Waals surface area contributed by atoms with Gasteiger partial charge in [0.1, 0.15) is 5.60 Å². The van der Waals surface area contributed by atoms with E-state index in [-0.39, 0.29) is 18.6 Å². The van der Waals surface area contributed by atoms with E-state index < -0.39 is 5.60 Å². The Kier molecular flexibility index (Phi) is 5.83. The fourth-order valence-corrected chi connectivity index (χ4v) is 2.67. The van der Waals surface area contributed by atoms with Crippen molar-refractivity contribution in [1.29, 1.82) is 0 Å². The number of rotatable bonds is 4. The van der Waals surface area contributed by atoms with Crippen LogP contribution in [0.3, 0.4) is 0 Å². The standard InChI is InChI=1S/C18H26N2O4/c1-18(2,3)24-17(22)20-9-8-13-6-5-7-14(15(13)12-20)10-19-11-16(21)23-4/h5-7,19H,8-12H2,1-4H3. The lowest BCUT2D eigenvalue weighted by Crippen LogP contribution is -2.40. The first kappa shape index (κ1) is 18.3. The number of methoxy groups -OCH3 is 1. The number of nitrogens with zero attached hydrogens (tertiary/aromatic N) is 1. The Morgan fingerprint density at radius 2 is 2.04 bits per heavy atom. The molecular weight excluding hydrogens is 308 g/mol. The second-order valence-electron chi connectivity index (χ2n) is 6.89. The van der Waals surface area contributed by atoms with E-state index in [1.807, 2.05) is 32.9 Å². The Hall–Kier alpha value is -2.08. The minimum absolute atomic E-state index is 0.163. The van der Waals surface area contributed by atoms with Gasteiger partial charge < -0.3 is 19.7 Å². The van der Waals surface area contributed by atoms with Crippen molar-refractivity contribution in [2.75, 3.05) is 20.2 Å². The Morgan fingerprint density at radius 1 is 1.29 bits per heavy atom. The lowest BCUT2D eigenvalue weighted by atomic mass is 9.95. The molecule has 0 spiro atoms. The highest BCUT2D eigenvalue weighted by atomic mass is 16.6. The lowest BCUT2D eigenvalue weighted by molar-refractivity contribution is -0.139. The maximum Gasteiger partial charge on any atom is 0.410 e. The maximum atomic E-state index is 12.3. The van der Waals surface area contributed by atoms with Crippen LogP contribution in [0.2, 0.25) is 0 Å². The zero-order chi connectivity index (χ0) is 17.7. The molecule has 0 fully saturated rings. The Labute approximate surface area is 143 Å². The number of carbonyl (C=O) groups excluding carboxylic acids is 2. The van der Waals surface area contributed by atoms with Gasteiger partial charge in [0.05, 0.1) is 13.7 Å². The van der Waals surface area contributed by atoms with E-state index in [4.69, 9.17) is 4.74 Å². The minimum Gasteiger partial charge on any atom is -0.468 e. The van der Waals surface area contributed by atoms with Crippen LogP contribution >= 0.6 is 0 Å². The van der Waals surface area contributed by atoms with Crippen LogP contribution in [0.5, 0.6) is 0 Å². The topological polar surface area (TPSA) is 67.9 Å². The highest BCUT2D eigenvalue weighted by Crippen LogP contribution is 2.24. The van der Waals surface area contributed by atoms with E-state index in [1.165, 1.54) is 12.7 Å². The molecule has 2 rings (SSSR count). The highest BCUT2D eigenvalue weighted by Gasteiger charge is 2.26. The Morgan fingerprint density at radius 3 is 2.71 bits per heavy atom. The normalized spacial score (nSPS) is 14.1.